The van der Waals surface area contributed by atoms with Crippen LogP contribution in [-0.4, -0.2) is 24.0 Å². The average molecular weight is 260 g/mol. The monoisotopic (exact) mass is 260 g/mol. The van der Waals surface area contributed by atoms with Gasteiger partial charge in [-0.15, -0.1) is 0 Å². The first-order valence-corrected chi connectivity index (χ1v) is 4.58. The second-order valence-corrected chi connectivity index (χ2v) is 3.09. The summed E-state index contributed by atoms with van der Waals surface area (Å²) in [6.07, 6.45) is 1.75. The summed E-state index contributed by atoms with van der Waals surface area (Å²) >= 11 is 0. The molecule has 0 aromatic heterocycles. The van der Waals surface area contributed by atoms with Crippen molar-refractivity contribution in [1.82, 2.24) is 0 Å². The first kappa shape index (κ1) is 13.8. The second-order valence-electron chi connectivity index (χ2n) is 3.09. The van der Waals surface area contributed by atoms with Gasteiger partial charge in [-0.2, -0.15) is 8.78 Å². The molecule has 0 saturated carbocycles. The van der Waals surface area contributed by atoms with E-state index < -0.39 is 24.1 Å². The Kier molecular flexibility index (Phi) is 4.47. The van der Waals surface area contributed by atoms with Crippen molar-refractivity contribution in [2.24, 2.45) is 0 Å². The molecular weight excluding hydrogens is 253 g/mol. The highest BCUT2D eigenvalue weighted by atomic mass is 19.3. The van der Waals surface area contributed by atoms with Crippen molar-refractivity contribution >= 4 is 18.3 Å². The van der Waals surface area contributed by atoms with Crippen LogP contribution in [0.5, 0.6) is 5.75 Å². The highest BCUT2D eigenvalue weighted by molar-refractivity contribution is 5.86. The molecule has 4 nitrogen and oxygen atoms in total. The van der Waals surface area contributed by atoms with E-state index in [1.165, 1.54) is 0 Å². The number of aldehydes is 1. The van der Waals surface area contributed by atoms with Crippen molar-refractivity contribution in [3.8, 4) is 5.75 Å². The van der Waals surface area contributed by atoms with E-state index in [1.54, 1.807) is 0 Å². The molecule has 0 aliphatic carbocycles. The molecule has 1 aromatic rings. The van der Waals surface area contributed by atoms with Crippen LogP contribution in [0.15, 0.2) is 18.2 Å². The molecule has 7 heteroatoms. The molecule has 1 rings (SSSR count). The van der Waals surface area contributed by atoms with Gasteiger partial charge in [0.25, 0.3) is 0 Å². The Labute approximate surface area is 99.3 Å². The molecule has 0 atom stereocenters. The molecule has 1 aromatic carbocycles. The van der Waals surface area contributed by atoms with Crippen LogP contribution >= 0.6 is 0 Å². The number of carbonyl (C=O) groups is 2. The Morgan fingerprint density at radius 1 is 1.39 bits per heavy atom. The van der Waals surface area contributed by atoms with E-state index >= 15 is 0 Å². The van der Waals surface area contributed by atoms with Crippen LogP contribution < -0.4 is 4.74 Å². The predicted molar refractivity (Wildman–Crippen MR) is 55.1 cm³/mol. The van der Waals surface area contributed by atoms with E-state index in [-0.39, 0.29) is 11.1 Å². The normalized spacial score (nSPS) is 10.9. The Morgan fingerprint density at radius 2 is 2.06 bits per heavy atom. The molecule has 0 aliphatic rings. The van der Waals surface area contributed by atoms with E-state index in [4.69, 9.17) is 5.11 Å². The van der Waals surface area contributed by atoms with Crippen molar-refractivity contribution in [3.63, 3.8) is 0 Å². The van der Waals surface area contributed by atoms with Gasteiger partial charge in [-0.1, -0.05) is 0 Å². The highest BCUT2D eigenvalue weighted by Crippen LogP contribution is 2.25. The lowest BCUT2D eigenvalue weighted by atomic mass is 10.1. The summed E-state index contributed by atoms with van der Waals surface area (Å²) in [7, 11) is 0. The van der Waals surface area contributed by atoms with Crippen molar-refractivity contribution in [3.05, 3.63) is 35.2 Å². The number of carbonyl (C=O) groups excluding carboxylic acids is 1. The van der Waals surface area contributed by atoms with E-state index in [9.17, 15) is 22.8 Å². The number of carboxylic acid groups (broad SMARTS) is 1. The third-order valence-corrected chi connectivity index (χ3v) is 1.85. The number of aliphatic carboxylic acids is 1. The number of halogens is 3. The van der Waals surface area contributed by atoms with E-state index in [1.807, 2.05) is 0 Å². The molecular formula is C11H7F3O4. The number of carboxylic acids is 1. The van der Waals surface area contributed by atoms with E-state index in [0.29, 0.717) is 12.4 Å². The molecule has 0 saturated heterocycles. The molecule has 0 radical (unpaired) electrons. The Hall–Kier alpha value is -2.31. The maximum absolute atomic E-state index is 13.6. The lowest BCUT2D eigenvalue weighted by Crippen LogP contribution is -2.05. The highest BCUT2D eigenvalue weighted by Gasteiger charge is 2.14. The van der Waals surface area contributed by atoms with Gasteiger partial charge >= 0.3 is 12.6 Å². The number of benzene rings is 1. The maximum Gasteiger partial charge on any atom is 0.387 e. The molecule has 0 amide bonds. The summed E-state index contributed by atoms with van der Waals surface area (Å²) in [4.78, 5) is 20.8. The van der Waals surface area contributed by atoms with Gasteiger partial charge in [-0.05, 0) is 18.2 Å². The minimum absolute atomic E-state index is 0.114. The van der Waals surface area contributed by atoms with Crippen LogP contribution in [0.4, 0.5) is 13.2 Å². The van der Waals surface area contributed by atoms with Crippen LogP contribution in [0, 0.1) is 5.82 Å². The smallest absolute Gasteiger partial charge is 0.387 e. The molecule has 96 valence electrons. The Balaban J connectivity index is 3.24. The lowest BCUT2D eigenvalue weighted by molar-refractivity contribution is -0.131. The molecule has 18 heavy (non-hydrogen) atoms. The lowest BCUT2D eigenvalue weighted by Gasteiger charge is -2.08. The summed E-state index contributed by atoms with van der Waals surface area (Å²) in [6.45, 7) is -3.25. The number of hydrogen-bond acceptors (Lipinski definition) is 3. The molecule has 0 heterocycles. The number of rotatable bonds is 5. The van der Waals surface area contributed by atoms with Gasteiger partial charge < -0.3 is 9.84 Å². The van der Waals surface area contributed by atoms with E-state index in [0.717, 1.165) is 18.2 Å². The zero-order chi connectivity index (χ0) is 13.7. The van der Waals surface area contributed by atoms with Gasteiger partial charge in [-0.3, -0.25) is 4.79 Å². The second kappa shape index (κ2) is 5.85. The number of ether oxygens (including phenoxy) is 1. The van der Waals surface area contributed by atoms with Crippen molar-refractivity contribution in [2.75, 3.05) is 0 Å². The fourth-order valence-electron chi connectivity index (χ4n) is 1.17. The van der Waals surface area contributed by atoms with Crippen molar-refractivity contribution < 1.29 is 32.6 Å². The Bertz CT molecular complexity index is 497. The predicted octanol–water partition coefficient (Wildman–Crippen LogP) is 2.34. The van der Waals surface area contributed by atoms with Gasteiger partial charge in [0.2, 0.25) is 0 Å². The molecule has 0 bridgehead atoms. The summed E-state index contributed by atoms with van der Waals surface area (Å²) in [5, 5.41) is 8.38. The Morgan fingerprint density at radius 3 is 2.56 bits per heavy atom. The van der Waals surface area contributed by atoms with Gasteiger partial charge in [0, 0.05) is 17.2 Å². The van der Waals surface area contributed by atoms with Crippen LogP contribution in [0.1, 0.15) is 15.9 Å². The summed E-state index contributed by atoms with van der Waals surface area (Å²) in [5.74, 6) is -3.33. The minimum Gasteiger partial charge on any atom is -0.478 e. The van der Waals surface area contributed by atoms with Crippen LogP contribution in [0.3, 0.4) is 0 Å². The number of hydrogen-bond donors (Lipinski definition) is 1. The third-order valence-electron chi connectivity index (χ3n) is 1.85. The van der Waals surface area contributed by atoms with Crippen molar-refractivity contribution in [2.45, 2.75) is 6.61 Å². The largest absolute Gasteiger partial charge is 0.478 e. The zero-order valence-corrected chi connectivity index (χ0v) is 8.77. The first-order valence-electron chi connectivity index (χ1n) is 4.58. The summed E-state index contributed by atoms with van der Waals surface area (Å²) < 4.78 is 41.5. The minimum atomic E-state index is -3.25. The third kappa shape index (κ3) is 3.62. The number of alkyl halides is 2. The first-order chi connectivity index (χ1) is 8.43. The van der Waals surface area contributed by atoms with E-state index in [2.05, 4.69) is 4.74 Å². The summed E-state index contributed by atoms with van der Waals surface area (Å²) in [6, 6.07) is 1.81. The molecule has 0 spiro atoms. The van der Waals surface area contributed by atoms with Gasteiger partial charge in [-0.25, -0.2) is 9.18 Å². The van der Waals surface area contributed by atoms with Crippen LogP contribution in [0.2, 0.25) is 0 Å². The van der Waals surface area contributed by atoms with Gasteiger partial charge in [0.05, 0.1) is 0 Å². The molecule has 0 aliphatic heterocycles. The standard InChI is InChI=1S/C11H7F3O4/c12-10-7(1-2-9(16)17)3-6(5-15)4-8(10)18-11(13)14/h1-5,11H,(H,16,17)/b2-1+. The van der Waals surface area contributed by atoms with Crippen LogP contribution in [-0.2, 0) is 4.79 Å². The van der Waals surface area contributed by atoms with Gasteiger partial charge in [0.1, 0.15) is 6.29 Å². The molecule has 0 unspecified atom stereocenters. The zero-order valence-electron chi connectivity index (χ0n) is 8.77. The quantitative estimate of drug-likeness (QED) is 0.652. The summed E-state index contributed by atoms with van der Waals surface area (Å²) in [5.41, 5.74) is -0.449. The fourth-order valence-corrected chi connectivity index (χ4v) is 1.17. The van der Waals surface area contributed by atoms with Crippen LogP contribution in [0.25, 0.3) is 6.08 Å². The molecule has 1 N–H and O–H groups in total. The fraction of sp³-hybridized carbons (Fsp3) is 0.0909. The van der Waals surface area contributed by atoms with Gasteiger partial charge in [0.15, 0.2) is 11.6 Å². The SMILES string of the molecule is O=Cc1cc(/C=C/C(=O)O)c(F)c(OC(F)F)c1. The average Bonchev–Trinajstić information content (AvgIpc) is 2.29. The topological polar surface area (TPSA) is 63.6 Å². The molecule has 0 fully saturated rings. The maximum atomic E-state index is 13.6. The van der Waals surface area contributed by atoms with Crippen molar-refractivity contribution in [1.29, 1.82) is 0 Å².